The van der Waals surface area contributed by atoms with E-state index in [0.29, 0.717) is 60.2 Å². The van der Waals surface area contributed by atoms with Gasteiger partial charge in [-0.2, -0.15) is 0 Å². The Balaban J connectivity index is 1.51. The average Bonchev–Trinajstić information content (AvgIpc) is 3.26. The molecule has 4 aromatic rings. The molecular formula is C33H26Cl3FN2O3S. The number of hydrogen-bond acceptors (Lipinski definition) is 5. The SMILES string of the molecule is CCOc1cc(/C=C2/SC(=Nc3ccc(C)c(Cl)c3)N(c3ccc(C)c(Cl)c3)C2=O)cc(Cl)c1OCc1ccc(F)cc1. The second kappa shape index (κ2) is 13.4. The number of halogens is 4. The van der Waals surface area contributed by atoms with Crippen molar-refractivity contribution in [1.82, 2.24) is 0 Å². The number of carbonyl (C=O) groups is 1. The summed E-state index contributed by atoms with van der Waals surface area (Å²) in [7, 11) is 0. The van der Waals surface area contributed by atoms with Crippen molar-refractivity contribution < 1.29 is 18.7 Å². The third kappa shape index (κ3) is 7.19. The minimum Gasteiger partial charge on any atom is -0.490 e. The number of nitrogens with zero attached hydrogens (tertiary/aromatic N) is 2. The van der Waals surface area contributed by atoms with Gasteiger partial charge in [0.25, 0.3) is 5.91 Å². The summed E-state index contributed by atoms with van der Waals surface area (Å²) in [5, 5.41) is 1.87. The van der Waals surface area contributed by atoms with Crippen LogP contribution in [0.25, 0.3) is 6.08 Å². The summed E-state index contributed by atoms with van der Waals surface area (Å²) in [5.41, 5.74) is 4.43. The predicted molar refractivity (Wildman–Crippen MR) is 176 cm³/mol. The van der Waals surface area contributed by atoms with Crippen molar-refractivity contribution in [2.24, 2.45) is 4.99 Å². The number of amidine groups is 1. The van der Waals surface area contributed by atoms with Gasteiger partial charge in [-0.15, -0.1) is 0 Å². The first-order valence-electron chi connectivity index (χ1n) is 13.3. The van der Waals surface area contributed by atoms with Crippen LogP contribution in [-0.2, 0) is 11.4 Å². The molecule has 4 aromatic carbocycles. The van der Waals surface area contributed by atoms with Crippen LogP contribution in [0.1, 0.15) is 29.2 Å². The fourth-order valence-corrected chi connectivity index (χ4v) is 5.85. The molecule has 43 heavy (non-hydrogen) atoms. The quantitative estimate of drug-likeness (QED) is 0.177. The Bertz CT molecular complexity index is 1760. The van der Waals surface area contributed by atoms with Gasteiger partial charge in [0.1, 0.15) is 12.4 Å². The van der Waals surface area contributed by atoms with Crippen LogP contribution >= 0.6 is 46.6 Å². The lowest BCUT2D eigenvalue weighted by Gasteiger charge is -2.17. The van der Waals surface area contributed by atoms with E-state index in [9.17, 15) is 9.18 Å². The van der Waals surface area contributed by atoms with E-state index in [1.54, 1.807) is 42.5 Å². The largest absolute Gasteiger partial charge is 0.490 e. The number of benzene rings is 4. The lowest BCUT2D eigenvalue weighted by Crippen LogP contribution is -2.28. The van der Waals surface area contributed by atoms with Crippen LogP contribution < -0.4 is 14.4 Å². The molecule has 1 aliphatic rings. The molecule has 0 N–H and O–H groups in total. The minimum atomic E-state index is -0.326. The molecule has 0 saturated carbocycles. The summed E-state index contributed by atoms with van der Waals surface area (Å²) in [6, 6.07) is 20.4. The second-order valence-corrected chi connectivity index (χ2v) is 11.9. The molecule has 0 radical (unpaired) electrons. The third-order valence-corrected chi connectivity index (χ3v) is 8.59. The van der Waals surface area contributed by atoms with Crippen molar-refractivity contribution in [3.05, 3.63) is 121 Å². The van der Waals surface area contributed by atoms with E-state index in [2.05, 4.69) is 0 Å². The molecule has 0 spiro atoms. The predicted octanol–water partition coefficient (Wildman–Crippen LogP) is 10.2. The van der Waals surface area contributed by atoms with Gasteiger partial charge in [-0.3, -0.25) is 9.69 Å². The van der Waals surface area contributed by atoms with Gasteiger partial charge in [0.2, 0.25) is 0 Å². The highest BCUT2D eigenvalue weighted by molar-refractivity contribution is 8.19. The van der Waals surface area contributed by atoms with Crippen molar-refractivity contribution in [3.63, 3.8) is 0 Å². The first kappa shape index (κ1) is 31.0. The molecule has 1 heterocycles. The zero-order valence-electron chi connectivity index (χ0n) is 23.5. The Hall–Kier alpha value is -3.49. The Morgan fingerprint density at radius 1 is 0.884 bits per heavy atom. The van der Waals surface area contributed by atoms with Gasteiger partial charge in [0, 0.05) is 10.0 Å². The van der Waals surface area contributed by atoms with Crippen LogP contribution in [0.3, 0.4) is 0 Å². The summed E-state index contributed by atoms with van der Waals surface area (Å²) >= 11 is 20.7. The molecule has 1 amide bonds. The van der Waals surface area contributed by atoms with E-state index in [1.807, 2.05) is 45.0 Å². The molecule has 1 fully saturated rings. The Morgan fingerprint density at radius 3 is 2.26 bits per heavy atom. The Kier molecular flexibility index (Phi) is 9.67. The normalized spacial score (nSPS) is 15.0. The van der Waals surface area contributed by atoms with Gasteiger partial charge in [0.05, 0.1) is 27.9 Å². The number of thioether (sulfide) groups is 1. The second-order valence-electron chi connectivity index (χ2n) is 9.69. The van der Waals surface area contributed by atoms with Crippen molar-refractivity contribution in [1.29, 1.82) is 0 Å². The smallest absolute Gasteiger partial charge is 0.271 e. The molecule has 1 saturated heterocycles. The number of amides is 1. The lowest BCUT2D eigenvalue weighted by molar-refractivity contribution is -0.113. The number of ether oxygens (including phenoxy) is 2. The van der Waals surface area contributed by atoms with Crippen LogP contribution in [0, 0.1) is 19.7 Å². The number of anilines is 1. The molecular weight excluding hydrogens is 630 g/mol. The maximum atomic E-state index is 13.8. The lowest BCUT2D eigenvalue weighted by atomic mass is 10.1. The molecule has 220 valence electrons. The highest BCUT2D eigenvalue weighted by atomic mass is 35.5. The summed E-state index contributed by atoms with van der Waals surface area (Å²) in [6.07, 6.45) is 1.73. The molecule has 5 rings (SSSR count). The Morgan fingerprint density at radius 2 is 1.58 bits per heavy atom. The van der Waals surface area contributed by atoms with Gasteiger partial charge in [-0.05, 0) is 109 Å². The van der Waals surface area contributed by atoms with Crippen LogP contribution in [0.2, 0.25) is 15.1 Å². The number of carbonyl (C=O) groups excluding carboxylic acids is 1. The van der Waals surface area contributed by atoms with Crippen molar-refractivity contribution in [2.75, 3.05) is 11.5 Å². The number of aliphatic imine (C=N–C) groups is 1. The van der Waals surface area contributed by atoms with Crippen LogP contribution in [0.5, 0.6) is 11.5 Å². The van der Waals surface area contributed by atoms with Crippen LogP contribution in [0.4, 0.5) is 15.8 Å². The van der Waals surface area contributed by atoms with Gasteiger partial charge in [-0.25, -0.2) is 9.38 Å². The van der Waals surface area contributed by atoms with E-state index < -0.39 is 0 Å². The van der Waals surface area contributed by atoms with Gasteiger partial charge >= 0.3 is 0 Å². The molecule has 0 atom stereocenters. The summed E-state index contributed by atoms with van der Waals surface area (Å²) in [4.78, 5) is 20.6. The van der Waals surface area contributed by atoms with Gasteiger partial charge < -0.3 is 9.47 Å². The Labute approximate surface area is 268 Å². The van der Waals surface area contributed by atoms with Crippen LogP contribution in [-0.4, -0.2) is 17.7 Å². The standard InChI is InChI=1S/C33H26Cl3FN2O3S/c1-4-41-29-14-22(13-28(36)31(29)42-18-21-7-9-23(37)10-8-21)15-30-32(40)39(25-12-6-20(3)27(35)17-25)33(43-30)38-24-11-5-19(2)26(34)16-24/h5-17H,4,18H2,1-3H3/b30-15+,38-33?. The van der Waals surface area contributed by atoms with Crippen molar-refractivity contribution in [3.8, 4) is 11.5 Å². The van der Waals surface area contributed by atoms with Crippen molar-refractivity contribution >= 4 is 75.1 Å². The van der Waals surface area contributed by atoms with E-state index in [-0.39, 0.29) is 18.3 Å². The highest BCUT2D eigenvalue weighted by Gasteiger charge is 2.35. The topological polar surface area (TPSA) is 51.1 Å². The maximum absolute atomic E-state index is 13.8. The van der Waals surface area contributed by atoms with E-state index in [0.717, 1.165) is 16.7 Å². The number of rotatable bonds is 8. The number of aryl methyl sites for hydroxylation is 2. The average molecular weight is 656 g/mol. The third-order valence-electron chi connectivity index (χ3n) is 6.53. The fourth-order valence-electron chi connectivity index (χ4n) is 4.22. The highest BCUT2D eigenvalue weighted by Crippen LogP contribution is 2.42. The van der Waals surface area contributed by atoms with Gasteiger partial charge in [-0.1, -0.05) is 59.1 Å². The summed E-state index contributed by atoms with van der Waals surface area (Å²) in [5.74, 6) is 0.181. The maximum Gasteiger partial charge on any atom is 0.271 e. The summed E-state index contributed by atoms with van der Waals surface area (Å²) < 4.78 is 25.1. The molecule has 10 heteroatoms. The van der Waals surface area contributed by atoms with E-state index in [1.165, 1.54) is 28.8 Å². The first-order chi connectivity index (χ1) is 20.6. The first-order valence-corrected chi connectivity index (χ1v) is 15.3. The molecule has 0 aliphatic carbocycles. The fraction of sp³-hybridized carbons (Fsp3) is 0.152. The van der Waals surface area contributed by atoms with Gasteiger partial charge in [0.15, 0.2) is 16.7 Å². The number of hydrogen-bond donors (Lipinski definition) is 0. The molecule has 1 aliphatic heterocycles. The zero-order chi connectivity index (χ0) is 30.7. The monoisotopic (exact) mass is 654 g/mol. The minimum absolute atomic E-state index is 0.172. The molecule has 0 bridgehead atoms. The van der Waals surface area contributed by atoms with Crippen LogP contribution in [0.15, 0.2) is 82.7 Å². The summed E-state index contributed by atoms with van der Waals surface area (Å²) in [6.45, 7) is 6.20. The molecule has 0 unspecified atom stereocenters. The molecule has 0 aromatic heterocycles. The zero-order valence-corrected chi connectivity index (χ0v) is 26.5. The van der Waals surface area contributed by atoms with Crippen molar-refractivity contribution in [2.45, 2.75) is 27.4 Å². The van der Waals surface area contributed by atoms with E-state index in [4.69, 9.17) is 49.3 Å². The molecule has 5 nitrogen and oxygen atoms in total. The van der Waals surface area contributed by atoms with E-state index >= 15 is 0 Å².